The van der Waals surface area contributed by atoms with Crippen molar-refractivity contribution in [2.24, 2.45) is 5.10 Å². The molecule has 3 rings (SSSR count). The van der Waals surface area contributed by atoms with E-state index in [9.17, 15) is 13.6 Å². The summed E-state index contributed by atoms with van der Waals surface area (Å²) >= 11 is 0. The first-order chi connectivity index (χ1) is 11.6. The summed E-state index contributed by atoms with van der Waals surface area (Å²) in [6.45, 7) is -2.83. The summed E-state index contributed by atoms with van der Waals surface area (Å²) in [7, 11) is 0. The number of benzene rings is 2. The van der Waals surface area contributed by atoms with Crippen LogP contribution in [-0.4, -0.2) is 25.5 Å². The number of hydrazone groups is 1. The van der Waals surface area contributed by atoms with Gasteiger partial charge in [0.1, 0.15) is 5.75 Å². The van der Waals surface area contributed by atoms with Gasteiger partial charge in [0.2, 0.25) is 6.79 Å². The van der Waals surface area contributed by atoms with E-state index in [0.29, 0.717) is 22.6 Å². The predicted octanol–water partition coefficient (Wildman–Crippen LogP) is 2.78. The zero-order valence-corrected chi connectivity index (χ0v) is 12.2. The van der Waals surface area contributed by atoms with Gasteiger partial charge in [-0.1, -0.05) is 12.1 Å². The van der Waals surface area contributed by atoms with Crippen LogP contribution in [0.15, 0.2) is 47.6 Å². The van der Waals surface area contributed by atoms with Gasteiger partial charge >= 0.3 is 6.61 Å². The maximum Gasteiger partial charge on any atom is 0.387 e. The molecule has 2 aromatic rings. The smallest absolute Gasteiger partial charge is 0.387 e. The van der Waals surface area contributed by atoms with Crippen molar-refractivity contribution < 1.29 is 27.8 Å². The van der Waals surface area contributed by atoms with Gasteiger partial charge in [-0.2, -0.15) is 13.9 Å². The molecule has 0 aromatic heterocycles. The van der Waals surface area contributed by atoms with Gasteiger partial charge in [-0.25, -0.2) is 5.43 Å². The molecule has 1 amide bonds. The maximum absolute atomic E-state index is 12.3. The molecule has 6 nitrogen and oxygen atoms in total. The first-order valence-electron chi connectivity index (χ1n) is 6.90. The molecule has 0 atom stereocenters. The van der Waals surface area contributed by atoms with Crippen molar-refractivity contribution in [2.45, 2.75) is 6.61 Å². The van der Waals surface area contributed by atoms with Crippen LogP contribution in [0, 0.1) is 0 Å². The lowest BCUT2D eigenvalue weighted by atomic mass is 10.2. The summed E-state index contributed by atoms with van der Waals surface area (Å²) in [5, 5.41) is 3.76. The lowest BCUT2D eigenvalue weighted by molar-refractivity contribution is -0.0499. The van der Waals surface area contributed by atoms with Crippen molar-refractivity contribution in [1.29, 1.82) is 0 Å². The van der Waals surface area contributed by atoms with E-state index < -0.39 is 12.5 Å². The topological polar surface area (TPSA) is 69.2 Å². The third kappa shape index (κ3) is 3.60. The van der Waals surface area contributed by atoms with Crippen LogP contribution in [-0.2, 0) is 0 Å². The van der Waals surface area contributed by atoms with Gasteiger partial charge < -0.3 is 14.2 Å². The first kappa shape index (κ1) is 15.7. The fourth-order valence-corrected chi connectivity index (χ4v) is 2.05. The molecule has 0 saturated carbocycles. The highest BCUT2D eigenvalue weighted by Crippen LogP contribution is 2.32. The molecule has 1 heterocycles. The van der Waals surface area contributed by atoms with E-state index in [2.05, 4.69) is 15.3 Å². The van der Waals surface area contributed by atoms with Gasteiger partial charge in [0.15, 0.2) is 11.5 Å². The number of hydrogen-bond acceptors (Lipinski definition) is 5. The van der Waals surface area contributed by atoms with Crippen molar-refractivity contribution >= 4 is 12.1 Å². The molecule has 24 heavy (non-hydrogen) atoms. The largest absolute Gasteiger partial charge is 0.454 e. The summed E-state index contributed by atoms with van der Waals surface area (Å²) in [5.74, 6) is 0.529. The molecule has 0 radical (unpaired) electrons. The Bertz CT molecular complexity index is 780. The Morgan fingerprint density at radius 1 is 1.21 bits per heavy atom. The Balaban J connectivity index is 1.67. The second kappa shape index (κ2) is 6.95. The van der Waals surface area contributed by atoms with Crippen LogP contribution >= 0.6 is 0 Å². The molecular weight excluding hydrogens is 322 g/mol. The van der Waals surface area contributed by atoms with Gasteiger partial charge in [-0.3, -0.25) is 4.79 Å². The van der Waals surface area contributed by atoms with Crippen LogP contribution in [0.1, 0.15) is 15.9 Å². The standard InChI is InChI=1S/C16H12F2N2O4/c17-16(18)24-12-4-2-1-3-11(12)8-19-20-15(21)10-5-6-13-14(7-10)23-9-22-13/h1-8,16H,9H2,(H,20,21)/b19-8-. The highest BCUT2D eigenvalue weighted by molar-refractivity contribution is 5.95. The molecule has 124 valence electrons. The zero-order valence-electron chi connectivity index (χ0n) is 12.2. The molecule has 0 fully saturated rings. The molecule has 0 aliphatic carbocycles. The SMILES string of the molecule is O=C(N/N=C\c1ccccc1OC(F)F)c1ccc2c(c1)OCO2. The lowest BCUT2D eigenvalue weighted by Gasteiger charge is -2.07. The summed E-state index contributed by atoms with van der Waals surface area (Å²) in [4.78, 5) is 12.0. The first-order valence-corrected chi connectivity index (χ1v) is 6.90. The minimum Gasteiger partial charge on any atom is -0.454 e. The van der Waals surface area contributed by atoms with Crippen LogP contribution < -0.4 is 19.6 Å². The Morgan fingerprint density at radius 3 is 2.83 bits per heavy atom. The summed E-state index contributed by atoms with van der Waals surface area (Å²) in [5.41, 5.74) is 2.95. The molecule has 0 bridgehead atoms. The number of amides is 1. The second-order valence-electron chi connectivity index (χ2n) is 4.68. The number of halogens is 2. The number of nitrogens with one attached hydrogen (secondary N) is 1. The second-order valence-corrected chi connectivity index (χ2v) is 4.68. The fraction of sp³-hybridized carbons (Fsp3) is 0.125. The quantitative estimate of drug-likeness (QED) is 0.674. The van der Waals surface area contributed by atoms with E-state index in [4.69, 9.17) is 9.47 Å². The predicted molar refractivity (Wildman–Crippen MR) is 80.7 cm³/mol. The average molecular weight is 334 g/mol. The van der Waals surface area contributed by atoms with Gasteiger partial charge in [0.25, 0.3) is 5.91 Å². The fourth-order valence-electron chi connectivity index (χ4n) is 2.05. The summed E-state index contributed by atoms with van der Waals surface area (Å²) in [6, 6.07) is 10.8. The van der Waals surface area contributed by atoms with Crippen molar-refractivity contribution in [3.63, 3.8) is 0 Å². The lowest BCUT2D eigenvalue weighted by Crippen LogP contribution is -2.17. The van der Waals surface area contributed by atoms with Gasteiger partial charge in [0, 0.05) is 11.1 Å². The number of fused-ring (bicyclic) bond motifs is 1. The number of alkyl halides is 2. The molecule has 1 aliphatic heterocycles. The van der Waals surface area contributed by atoms with Crippen LogP contribution in [0.4, 0.5) is 8.78 Å². The Labute approximate surface area is 135 Å². The number of para-hydroxylation sites is 1. The molecule has 2 aromatic carbocycles. The van der Waals surface area contributed by atoms with Crippen molar-refractivity contribution in [3.8, 4) is 17.2 Å². The van der Waals surface area contributed by atoms with Gasteiger partial charge in [-0.15, -0.1) is 0 Å². The van der Waals surface area contributed by atoms with E-state index in [-0.39, 0.29) is 12.5 Å². The molecule has 0 saturated heterocycles. The van der Waals surface area contributed by atoms with Crippen molar-refractivity contribution in [2.75, 3.05) is 6.79 Å². The molecule has 1 aliphatic rings. The van der Waals surface area contributed by atoms with Crippen LogP contribution in [0.5, 0.6) is 17.2 Å². The molecule has 1 N–H and O–H groups in total. The van der Waals surface area contributed by atoms with Gasteiger partial charge in [0.05, 0.1) is 6.21 Å². The van der Waals surface area contributed by atoms with E-state index >= 15 is 0 Å². The summed E-state index contributed by atoms with van der Waals surface area (Å²) < 4.78 is 39.4. The Kier molecular flexibility index (Phi) is 4.55. The number of carbonyl (C=O) groups is 1. The maximum atomic E-state index is 12.3. The van der Waals surface area contributed by atoms with Gasteiger partial charge in [-0.05, 0) is 30.3 Å². The number of carbonyl (C=O) groups excluding carboxylic acids is 1. The van der Waals surface area contributed by atoms with E-state index in [1.807, 2.05) is 0 Å². The number of nitrogens with zero attached hydrogens (tertiary/aromatic N) is 1. The highest BCUT2D eigenvalue weighted by atomic mass is 19.3. The average Bonchev–Trinajstić information content (AvgIpc) is 3.03. The van der Waals surface area contributed by atoms with Crippen LogP contribution in [0.2, 0.25) is 0 Å². The zero-order chi connectivity index (χ0) is 16.9. The third-order valence-electron chi connectivity index (χ3n) is 3.14. The highest BCUT2D eigenvalue weighted by Gasteiger charge is 2.16. The number of rotatable bonds is 5. The third-order valence-corrected chi connectivity index (χ3v) is 3.14. The number of ether oxygens (including phenoxy) is 3. The van der Waals surface area contributed by atoms with E-state index in [0.717, 1.165) is 0 Å². The molecular formula is C16H12F2N2O4. The van der Waals surface area contributed by atoms with E-state index in [1.54, 1.807) is 24.3 Å². The van der Waals surface area contributed by atoms with Crippen LogP contribution in [0.25, 0.3) is 0 Å². The monoisotopic (exact) mass is 334 g/mol. The molecule has 8 heteroatoms. The van der Waals surface area contributed by atoms with Crippen molar-refractivity contribution in [3.05, 3.63) is 53.6 Å². The minimum absolute atomic E-state index is 0.0337. The minimum atomic E-state index is -2.94. The van der Waals surface area contributed by atoms with E-state index in [1.165, 1.54) is 24.4 Å². The number of hydrogen-bond donors (Lipinski definition) is 1. The van der Waals surface area contributed by atoms with Crippen molar-refractivity contribution in [1.82, 2.24) is 5.43 Å². The molecule has 0 unspecified atom stereocenters. The summed E-state index contributed by atoms with van der Waals surface area (Å²) in [6.07, 6.45) is 1.22. The Morgan fingerprint density at radius 2 is 2.00 bits per heavy atom. The van der Waals surface area contributed by atoms with Crippen LogP contribution in [0.3, 0.4) is 0 Å². The normalized spacial score (nSPS) is 12.6. The Hall–Kier alpha value is -3.16. The molecule has 0 spiro atoms.